The number of nitrogens with one attached hydrogen (secondary N) is 1. The zero-order valence-corrected chi connectivity index (χ0v) is 17.0. The van der Waals surface area contributed by atoms with Gasteiger partial charge in [-0.2, -0.15) is 5.26 Å². The van der Waals surface area contributed by atoms with Crippen molar-refractivity contribution in [2.75, 3.05) is 13.2 Å². The number of sulfonamides is 1. The van der Waals surface area contributed by atoms with E-state index in [-0.39, 0.29) is 29.7 Å². The molecule has 0 radical (unpaired) electrons. The molecule has 5 rings (SSSR count). The molecule has 0 aliphatic carbocycles. The molecule has 0 amide bonds. The number of benzene rings is 2. The fraction of sp³-hybridized carbons (Fsp3) is 0.300. The van der Waals surface area contributed by atoms with Gasteiger partial charge in [0.25, 0.3) is 0 Å². The minimum Gasteiger partial charge on any atom is -0.371 e. The highest BCUT2D eigenvalue weighted by Crippen LogP contribution is 2.36. The smallest absolute Gasteiger partial charge is 0.242 e. The van der Waals surface area contributed by atoms with Crippen LogP contribution in [-0.4, -0.2) is 60.1 Å². The van der Waals surface area contributed by atoms with Gasteiger partial charge >= 0.3 is 0 Å². The summed E-state index contributed by atoms with van der Waals surface area (Å²) < 4.78 is 41.9. The van der Waals surface area contributed by atoms with Crippen LogP contribution < -0.4 is 4.72 Å². The van der Waals surface area contributed by atoms with Crippen molar-refractivity contribution in [3.05, 3.63) is 60.2 Å². The Bertz CT molecular complexity index is 1240. The summed E-state index contributed by atoms with van der Waals surface area (Å²) in [6.07, 6.45) is -0.910. The Morgan fingerprint density at radius 1 is 1.03 bits per heavy atom. The number of nitrogens with zero attached hydrogens (tertiary/aromatic N) is 5. The summed E-state index contributed by atoms with van der Waals surface area (Å²) in [4.78, 5) is -0.0673. The molecule has 2 aliphatic rings. The lowest BCUT2D eigenvalue weighted by Gasteiger charge is -2.18. The van der Waals surface area contributed by atoms with Crippen LogP contribution >= 0.6 is 0 Å². The number of rotatable bonds is 5. The molecule has 31 heavy (non-hydrogen) atoms. The van der Waals surface area contributed by atoms with E-state index in [0.717, 1.165) is 5.56 Å². The molecule has 3 aromatic rings. The number of hydrogen-bond donors (Lipinski definition) is 1. The van der Waals surface area contributed by atoms with Crippen molar-refractivity contribution in [2.24, 2.45) is 0 Å². The Kier molecular flexibility index (Phi) is 4.99. The van der Waals surface area contributed by atoms with Crippen molar-refractivity contribution >= 4 is 10.0 Å². The summed E-state index contributed by atoms with van der Waals surface area (Å²) in [6, 6.07) is 16.6. The fourth-order valence-electron chi connectivity index (χ4n) is 4.04. The van der Waals surface area contributed by atoms with Gasteiger partial charge in [-0.25, -0.2) is 17.8 Å². The molecule has 2 aromatic carbocycles. The standard InChI is InChI=1S/C20H18N6O4S/c21-10-14-8-4-5-9-17(14)31(27,28)23-15-11-29-19-16(12-30-18(15)19)26-20(22-24-25-26)13-6-2-1-3-7-13/h1-9,15-16,18-19,23H,11-12H2/t15-,16-,18+,19+/m0/s1. The van der Waals surface area contributed by atoms with E-state index in [1.54, 1.807) is 16.8 Å². The van der Waals surface area contributed by atoms with Gasteiger partial charge in [0, 0.05) is 5.56 Å². The molecule has 2 aliphatic heterocycles. The van der Waals surface area contributed by atoms with E-state index in [1.165, 1.54) is 12.1 Å². The second-order valence-corrected chi connectivity index (χ2v) is 8.99. The summed E-state index contributed by atoms with van der Waals surface area (Å²) in [5, 5.41) is 21.3. The lowest BCUT2D eigenvalue weighted by molar-refractivity contribution is 0.0626. The van der Waals surface area contributed by atoms with Crippen LogP contribution in [0.1, 0.15) is 11.6 Å². The number of tetrazole rings is 1. The van der Waals surface area contributed by atoms with Gasteiger partial charge in [-0.1, -0.05) is 42.5 Å². The Hall–Kier alpha value is -3.17. The van der Waals surface area contributed by atoms with Crippen LogP contribution in [0.15, 0.2) is 59.5 Å². The molecule has 2 saturated heterocycles. The Morgan fingerprint density at radius 3 is 2.58 bits per heavy atom. The second kappa shape index (κ2) is 7.82. The highest BCUT2D eigenvalue weighted by Gasteiger charge is 2.50. The molecular formula is C20H18N6O4S. The molecule has 2 fully saturated rings. The lowest BCUT2D eigenvalue weighted by Crippen LogP contribution is -2.44. The van der Waals surface area contributed by atoms with Crippen LogP contribution in [0, 0.1) is 11.3 Å². The van der Waals surface area contributed by atoms with Crippen LogP contribution in [0.25, 0.3) is 11.4 Å². The van der Waals surface area contributed by atoms with Gasteiger partial charge in [-0.3, -0.25) is 0 Å². The van der Waals surface area contributed by atoms with Crippen molar-refractivity contribution in [1.29, 1.82) is 5.26 Å². The summed E-state index contributed by atoms with van der Waals surface area (Å²) in [7, 11) is -3.93. The van der Waals surface area contributed by atoms with Crippen molar-refractivity contribution < 1.29 is 17.9 Å². The van der Waals surface area contributed by atoms with Crippen LogP contribution in [-0.2, 0) is 19.5 Å². The third kappa shape index (κ3) is 3.49. The molecule has 0 spiro atoms. The number of fused-ring (bicyclic) bond motifs is 1. The molecule has 0 unspecified atom stereocenters. The minimum atomic E-state index is -3.93. The fourth-order valence-corrected chi connectivity index (χ4v) is 5.43. The molecule has 3 heterocycles. The van der Waals surface area contributed by atoms with E-state index < -0.39 is 28.3 Å². The monoisotopic (exact) mass is 438 g/mol. The topological polar surface area (TPSA) is 132 Å². The largest absolute Gasteiger partial charge is 0.371 e. The van der Waals surface area contributed by atoms with E-state index in [1.807, 2.05) is 36.4 Å². The molecular weight excluding hydrogens is 420 g/mol. The third-order valence-electron chi connectivity index (χ3n) is 5.47. The average Bonchev–Trinajstić information content (AvgIpc) is 3.51. The molecule has 10 nitrogen and oxygen atoms in total. The molecule has 11 heteroatoms. The Balaban J connectivity index is 1.37. The number of hydrogen-bond acceptors (Lipinski definition) is 8. The number of nitriles is 1. The minimum absolute atomic E-state index is 0.0673. The highest BCUT2D eigenvalue weighted by molar-refractivity contribution is 7.89. The Morgan fingerprint density at radius 2 is 1.77 bits per heavy atom. The van der Waals surface area contributed by atoms with Gasteiger partial charge in [-0.05, 0) is 22.6 Å². The van der Waals surface area contributed by atoms with Crippen LogP contribution in [0.3, 0.4) is 0 Å². The van der Waals surface area contributed by atoms with Gasteiger partial charge in [-0.15, -0.1) is 5.10 Å². The van der Waals surface area contributed by atoms with Crippen molar-refractivity contribution in [3.8, 4) is 17.5 Å². The normalized spacial score (nSPS) is 25.3. The third-order valence-corrected chi connectivity index (χ3v) is 7.02. The summed E-state index contributed by atoms with van der Waals surface area (Å²) in [5.74, 6) is 0.588. The zero-order chi connectivity index (χ0) is 21.4. The predicted octanol–water partition coefficient (Wildman–Crippen LogP) is 0.898. The van der Waals surface area contributed by atoms with Gasteiger partial charge in [0.05, 0.1) is 29.7 Å². The average molecular weight is 438 g/mol. The maximum absolute atomic E-state index is 12.9. The van der Waals surface area contributed by atoms with E-state index >= 15 is 0 Å². The van der Waals surface area contributed by atoms with E-state index in [2.05, 4.69) is 20.2 Å². The number of ether oxygens (including phenoxy) is 2. The quantitative estimate of drug-likeness (QED) is 0.621. The SMILES string of the molecule is N#Cc1ccccc1S(=O)(=O)N[C@H]1CO[C@H]2[C@@H]1OC[C@@H]2n1nnnc1-c1ccccc1. The first-order chi connectivity index (χ1) is 15.1. The summed E-state index contributed by atoms with van der Waals surface area (Å²) in [6.45, 7) is 0.426. The first-order valence-electron chi connectivity index (χ1n) is 9.66. The summed E-state index contributed by atoms with van der Waals surface area (Å²) >= 11 is 0. The first kappa shape index (κ1) is 19.8. The van der Waals surface area contributed by atoms with E-state index in [9.17, 15) is 13.7 Å². The highest BCUT2D eigenvalue weighted by atomic mass is 32.2. The van der Waals surface area contributed by atoms with E-state index in [4.69, 9.17) is 9.47 Å². The van der Waals surface area contributed by atoms with Crippen molar-refractivity contribution in [3.63, 3.8) is 0 Å². The molecule has 4 atom stereocenters. The molecule has 0 bridgehead atoms. The lowest BCUT2D eigenvalue weighted by atomic mass is 10.1. The Labute approximate surface area is 178 Å². The first-order valence-corrected chi connectivity index (χ1v) is 11.1. The summed E-state index contributed by atoms with van der Waals surface area (Å²) in [5.41, 5.74) is 0.941. The maximum Gasteiger partial charge on any atom is 0.242 e. The van der Waals surface area contributed by atoms with E-state index in [0.29, 0.717) is 5.82 Å². The van der Waals surface area contributed by atoms with Gasteiger partial charge in [0.15, 0.2) is 5.82 Å². The van der Waals surface area contributed by atoms with Crippen LogP contribution in [0.5, 0.6) is 0 Å². The van der Waals surface area contributed by atoms with Crippen molar-refractivity contribution in [2.45, 2.75) is 29.2 Å². The molecule has 158 valence electrons. The van der Waals surface area contributed by atoms with Gasteiger partial charge < -0.3 is 9.47 Å². The number of aromatic nitrogens is 4. The van der Waals surface area contributed by atoms with Crippen LogP contribution in [0.4, 0.5) is 0 Å². The second-order valence-electron chi connectivity index (χ2n) is 7.31. The van der Waals surface area contributed by atoms with Crippen LogP contribution in [0.2, 0.25) is 0 Å². The van der Waals surface area contributed by atoms with Gasteiger partial charge in [0.2, 0.25) is 10.0 Å². The van der Waals surface area contributed by atoms with Crippen molar-refractivity contribution in [1.82, 2.24) is 24.9 Å². The maximum atomic E-state index is 12.9. The predicted molar refractivity (Wildman–Crippen MR) is 107 cm³/mol. The van der Waals surface area contributed by atoms with Gasteiger partial charge in [0.1, 0.15) is 24.3 Å². The zero-order valence-electron chi connectivity index (χ0n) is 16.2. The molecule has 1 aromatic heterocycles. The molecule has 1 N–H and O–H groups in total. The molecule has 0 saturated carbocycles.